The van der Waals surface area contributed by atoms with Gasteiger partial charge in [0.25, 0.3) is 5.56 Å². The van der Waals surface area contributed by atoms with Gasteiger partial charge in [-0.15, -0.1) is 0 Å². The molecule has 3 aromatic rings. The van der Waals surface area contributed by atoms with Crippen LogP contribution in [-0.2, 0) is 11.9 Å². The summed E-state index contributed by atoms with van der Waals surface area (Å²) in [6.07, 6.45) is 6.23. The molecule has 5 rings (SSSR count). The van der Waals surface area contributed by atoms with E-state index >= 15 is 0 Å². The average Bonchev–Trinajstić information content (AvgIpc) is 3.65. The average molecular weight is 417 g/mol. The number of fused-ring (bicyclic) bond motifs is 1. The molecule has 1 saturated carbocycles. The summed E-state index contributed by atoms with van der Waals surface area (Å²) in [6, 6.07) is 15.9. The van der Waals surface area contributed by atoms with E-state index in [1.165, 1.54) is 12.8 Å². The highest BCUT2D eigenvalue weighted by Crippen LogP contribution is 2.31. The van der Waals surface area contributed by atoms with E-state index in [9.17, 15) is 4.79 Å². The standard InChI is InChI=1S/C25H28N4O2/c1-28-21-8-5-13-26-25(21)22(16-23(28)30)29-14-11-20(12-15-29)24(19-6-3-2-4-7-19)27-31-17-18-9-10-18/h2-8,13,16,18,20H,9-12,14-15,17H2,1H3/b27-24+. The Morgan fingerprint density at radius 2 is 1.87 bits per heavy atom. The van der Waals surface area contributed by atoms with E-state index < -0.39 is 0 Å². The fourth-order valence-corrected chi connectivity index (χ4v) is 4.37. The predicted molar refractivity (Wildman–Crippen MR) is 124 cm³/mol. The maximum atomic E-state index is 12.5. The number of pyridine rings is 2. The second kappa shape index (κ2) is 8.53. The third-order valence-corrected chi connectivity index (χ3v) is 6.44. The Morgan fingerprint density at radius 3 is 2.61 bits per heavy atom. The van der Waals surface area contributed by atoms with Crippen LogP contribution in [0.2, 0.25) is 0 Å². The smallest absolute Gasteiger partial charge is 0.252 e. The van der Waals surface area contributed by atoms with Crippen LogP contribution in [0.4, 0.5) is 5.69 Å². The number of hydrogen-bond donors (Lipinski definition) is 0. The van der Waals surface area contributed by atoms with E-state index in [2.05, 4.69) is 39.3 Å². The van der Waals surface area contributed by atoms with Crippen LogP contribution in [0.5, 0.6) is 0 Å². The molecule has 6 nitrogen and oxygen atoms in total. The van der Waals surface area contributed by atoms with Crippen LogP contribution in [-0.4, -0.2) is 35.0 Å². The van der Waals surface area contributed by atoms with Crippen LogP contribution in [0.3, 0.4) is 0 Å². The second-order valence-corrected chi connectivity index (χ2v) is 8.64. The van der Waals surface area contributed by atoms with Gasteiger partial charge in [0.1, 0.15) is 12.1 Å². The highest BCUT2D eigenvalue weighted by molar-refractivity contribution is 6.02. The minimum Gasteiger partial charge on any atom is -0.395 e. The Labute approximate surface area is 182 Å². The largest absolute Gasteiger partial charge is 0.395 e. The minimum absolute atomic E-state index is 0.00219. The van der Waals surface area contributed by atoms with Crippen molar-refractivity contribution in [1.29, 1.82) is 0 Å². The summed E-state index contributed by atoms with van der Waals surface area (Å²) in [4.78, 5) is 25.1. The summed E-state index contributed by atoms with van der Waals surface area (Å²) in [5.41, 5.74) is 4.86. The third-order valence-electron chi connectivity index (χ3n) is 6.44. The number of anilines is 1. The lowest BCUT2D eigenvalue weighted by atomic mass is 9.88. The van der Waals surface area contributed by atoms with Crippen molar-refractivity contribution in [2.45, 2.75) is 25.7 Å². The molecular formula is C25H28N4O2. The molecule has 1 saturated heterocycles. The van der Waals surface area contributed by atoms with Crippen molar-refractivity contribution in [3.05, 3.63) is 70.6 Å². The van der Waals surface area contributed by atoms with Crippen LogP contribution >= 0.6 is 0 Å². The molecule has 2 aliphatic rings. The number of aromatic nitrogens is 2. The zero-order valence-corrected chi connectivity index (χ0v) is 17.9. The molecule has 3 heterocycles. The van der Waals surface area contributed by atoms with Crippen molar-refractivity contribution in [3.63, 3.8) is 0 Å². The van der Waals surface area contributed by atoms with Gasteiger partial charge in [-0.3, -0.25) is 9.78 Å². The van der Waals surface area contributed by atoms with Gasteiger partial charge in [0.15, 0.2) is 0 Å². The molecule has 0 radical (unpaired) electrons. The normalized spacial score (nSPS) is 17.8. The van der Waals surface area contributed by atoms with Gasteiger partial charge in [-0.2, -0.15) is 0 Å². The van der Waals surface area contributed by atoms with Gasteiger partial charge < -0.3 is 14.3 Å². The molecule has 1 aliphatic carbocycles. The van der Waals surface area contributed by atoms with Crippen LogP contribution < -0.4 is 10.5 Å². The Bertz CT molecular complexity index is 1140. The molecule has 0 amide bonds. The summed E-state index contributed by atoms with van der Waals surface area (Å²) in [5, 5.41) is 4.60. The number of rotatable bonds is 6. The quantitative estimate of drug-likeness (QED) is 0.450. The lowest BCUT2D eigenvalue weighted by molar-refractivity contribution is 0.132. The van der Waals surface area contributed by atoms with E-state index in [4.69, 9.17) is 4.84 Å². The summed E-state index contributed by atoms with van der Waals surface area (Å²) in [7, 11) is 1.80. The molecule has 0 atom stereocenters. The van der Waals surface area contributed by atoms with Gasteiger partial charge in [0.05, 0.1) is 16.9 Å². The zero-order valence-electron chi connectivity index (χ0n) is 17.9. The van der Waals surface area contributed by atoms with Crippen molar-refractivity contribution in [2.24, 2.45) is 24.0 Å². The van der Waals surface area contributed by atoms with E-state index in [1.807, 2.05) is 18.2 Å². The highest BCUT2D eigenvalue weighted by Gasteiger charge is 2.27. The van der Waals surface area contributed by atoms with E-state index in [0.29, 0.717) is 11.8 Å². The van der Waals surface area contributed by atoms with E-state index in [1.54, 1.807) is 23.9 Å². The lowest BCUT2D eigenvalue weighted by Crippen LogP contribution is -2.37. The molecule has 31 heavy (non-hydrogen) atoms. The molecule has 0 unspecified atom stereocenters. The summed E-state index contributed by atoms with van der Waals surface area (Å²) < 4.78 is 1.66. The number of aryl methyl sites for hydroxylation is 1. The first-order chi connectivity index (χ1) is 15.2. The van der Waals surface area contributed by atoms with Gasteiger partial charge in [-0.05, 0) is 49.3 Å². The van der Waals surface area contributed by atoms with Crippen molar-refractivity contribution >= 4 is 22.4 Å². The molecule has 2 aromatic heterocycles. The second-order valence-electron chi connectivity index (χ2n) is 8.64. The van der Waals surface area contributed by atoms with Crippen LogP contribution in [0.1, 0.15) is 31.2 Å². The topological polar surface area (TPSA) is 59.7 Å². The van der Waals surface area contributed by atoms with Gasteiger partial charge in [0.2, 0.25) is 0 Å². The number of nitrogens with zero attached hydrogens (tertiary/aromatic N) is 4. The van der Waals surface area contributed by atoms with Crippen molar-refractivity contribution < 1.29 is 4.84 Å². The first-order valence-corrected chi connectivity index (χ1v) is 11.2. The van der Waals surface area contributed by atoms with Gasteiger partial charge in [0, 0.05) is 38.3 Å². The molecule has 0 bridgehead atoms. The molecule has 0 spiro atoms. The Hall–Kier alpha value is -3.15. The molecular weight excluding hydrogens is 388 g/mol. The summed E-state index contributed by atoms with van der Waals surface area (Å²) in [5.74, 6) is 1.02. The number of piperidine rings is 1. The van der Waals surface area contributed by atoms with Crippen LogP contribution in [0.15, 0.2) is 64.7 Å². The Kier molecular flexibility index (Phi) is 5.45. The number of hydrogen-bond acceptors (Lipinski definition) is 5. The number of benzene rings is 1. The maximum absolute atomic E-state index is 12.5. The molecule has 1 aromatic carbocycles. The lowest BCUT2D eigenvalue weighted by Gasteiger charge is -2.34. The Balaban J connectivity index is 1.37. The van der Waals surface area contributed by atoms with Crippen molar-refractivity contribution in [1.82, 2.24) is 9.55 Å². The first-order valence-electron chi connectivity index (χ1n) is 11.2. The van der Waals surface area contributed by atoms with E-state index in [-0.39, 0.29) is 5.56 Å². The Morgan fingerprint density at radius 1 is 1.10 bits per heavy atom. The fraction of sp³-hybridized carbons (Fsp3) is 0.400. The number of oxime groups is 1. The van der Waals surface area contributed by atoms with Gasteiger partial charge in [-0.1, -0.05) is 35.5 Å². The van der Waals surface area contributed by atoms with Crippen molar-refractivity contribution in [3.8, 4) is 0 Å². The SMILES string of the molecule is Cn1c(=O)cc(N2CCC(/C(=N/OCC3CC3)c3ccccc3)CC2)c2ncccc21. The summed E-state index contributed by atoms with van der Waals surface area (Å²) in [6.45, 7) is 2.44. The minimum atomic E-state index is -0.00219. The third kappa shape index (κ3) is 4.20. The maximum Gasteiger partial charge on any atom is 0.252 e. The molecule has 160 valence electrons. The fourth-order valence-electron chi connectivity index (χ4n) is 4.37. The first kappa shape index (κ1) is 19.8. The van der Waals surface area contributed by atoms with Crippen LogP contribution in [0.25, 0.3) is 11.0 Å². The zero-order chi connectivity index (χ0) is 21.2. The van der Waals surface area contributed by atoms with E-state index in [0.717, 1.165) is 60.5 Å². The molecule has 0 N–H and O–H groups in total. The van der Waals surface area contributed by atoms with Gasteiger partial charge >= 0.3 is 0 Å². The molecule has 6 heteroatoms. The molecule has 1 aliphatic heterocycles. The van der Waals surface area contributed by atoms with Crippen LogP contribution in [0, 0.1) is 11.8 Å². The van der Waals surface area contributed by atoms with Gasteiger partial charge in [-0.25, -0.2) is 0 Å². The molecule has 2 fully saturated rings. The van der Waals surface area contributed by atoms with Crippen molar-refractivity contribution in [2.75, 3.05) is 24.6 Å². The monoisotopic (exact) mass is 416 g/mol. The highest BCUT2D eigenvalue weighted by atomic mass is 16.6. The predicted octanol–water partition coefficient (Wildman–Crippen LogP) is 3.98. The summed E-state index contributed by atoms with van der Waals surface area (Å²) >= 11 is 0.